The largest absolute Gasteiger partial charge is 0.332 e. The molecule has 0 spiro atoms. The van der Waals surface area contributed by atoms with Crippen LogP contribution in [-0.4, -0.2) is 34.1 Å². The molecule has 1 atom stereocenters. The van der Waals surface area contributed by atoms with Crippen LogP contribution in [0.15, 0.2) is 29.1 Å². The minimum Gasteiger partial charge on any atom is -0.332 e. The van der Waals surface area contributed by atoms with Gasteiger partial charge in [-0.3, -0.25) is 9.36 Å². The first-order chi connectivity index (χ1) is 9.70. The Balaban J connectivity index is 2.11. The maximum Gasteiger partial charge on any atom is 0.262 e. The molecule has 1 saturated heterocycles. The van der Waals surface area contributed by atoms with Gasteiger partial charge in [-0.25, -0.2) is 0 Å². The van der Waals surface area contributed by atoms with Crippen molar-refractivity contribution in [3.05, 3.63) is 39.4 Å². The average molecular weight is 289 g/mol. The Morgan fingerprint density at radius 3 is 3.00 bits per heavy atom. The molecule has 0 bridgehead atoms. The van der Waals surface area contributed by atoms with Crippen molar-refractivity contribution in [2.24, 2.45) is 0 Å². The monoisotopic (exact) mass is 289 g/mol. The second-order valence-electron chi connectivity index (χ2n) is 5.34. The van der Waals surface area contributed by atoms with E-state index in [9.17, 15) is 4.79 Å². The first kappa shape index (κ1) is 13.5. The number of aromatic amines is 1. The zero-order valence-corrected chi connectivity index (χ0v) is 12.4. The summed E-state index contributed by atoms with van der Waals surface area (Å²) >= 11 is 5.41. The number of rotatable bonds is 2. The predicted octanol–water partition coefficient (Wildman–Crippen LogP) is 2.72. The molecule has 1 N–H and O–H groups in total. The van der Waals surface area contributed by atoms with Gasteiger partial charge < -0.3 is 9.88 Å². The number of nitrogens with zero attached hydrogens (tertiary/aromatic N) is 2. The van der Waals surface area contributed by atoms with Gasteiger partial charge in [0.1, 0.15) is 0 Å². The lowest BCUT2D eigenvalue weighted by Crippen LogP contribution is -2.40. The summed E-state index contributed by atoms with van der Waals surface area (Å²) in [7, 11) is 0. The smallest absolute Gasteiger partial charge is 0.262 e. The minimum absolute atomic E-state index is 0.0345. The van der Waals surface area contributed by atoms with Crippen LogP contribution in [0, 0.1) is 4.77 Å². The second kappa shape index (κ2) is 5.50. The molecule has 0 saturated carbocycles. The molecule has 1 aromatic carbocycles. The summed E-state index contributed by atoms with van der Waals surface area (Å²) in [5.41, 5.74) is 0.856. The van der Waals surface area contributed by atoms with Gasteiger partial charge in [0.15, 0.2) is 4.77 Å². The fraction of sp³-hybridized carbons (Fsp3) is 0.467. The van der Waals surface area contributed by atoms with Gasteiger partial charge in [0.2, 0.25) is 0 Å². The number of nitrogens with one attached hydrogen (secondary N) is 1. The maximum absolute atomic E-state index is 12.7. The number of piperidine rings is 1. The first-order valence-corrected chi connectivity index (χ1v) is 7.57. The van der Waals surface area contributed by atoms with Crippen LogP contribution in [0.4, 0.5) is 0 Å². The summed E-state index contributed by atoms with van der Waals surface area (Å²) in [4.78, 5) is 18.3. The molecule has 1 aromatic heterocycles. The number of likely N-dealkylation sites (tertiary alicyclic amines) is 1. The summed E-state index contributed by atoms with van der Waals surface area (Å²) in [6.45, 7) is 5.21. The number of hydrogen-bond donors (Lipinski definition) is 1. The Morgan fingerprint density at radius 1 is 1.40 bits per heavy atom. The molecule has 106 valence electrons. The standard InChI is InChI=1S/C15H19N3OS/c1-2-17-9-5-6-11(10-17)18-14(19)12-7-3-4-8-13(12)16-15(18)20/h3-4,7-8,11H,2,5-6,9-10H2,1H3,(H,16,20). The highest BCUT2D eigenvalue weighted by atomic mass is 32.1. The molecule has 1 fully saturated rings. The Morgan fingerprint density at radius 2 is 2.20 bits per heavy atom. The summed E-state index contributed by atoms with van der Waals surface area (Å²) in [5, 5.41) is 0.717. The van der Waals surface area contributed by atoms with E-state index in [4.69, 9.17) is 12.2 Å². The molecule has 2 heterocycles. The van der Waals surface area contributed by atoms with Crippen LogP contribution < -0.4 is 5.56 Å². The van der Waals surface area contributed by atoms with Crippen LogP contribution in [0.25, 0.3) is 10.9 Å². The van der Waals surface area contributed by atoms with Crippen molar-refractivity contribution in [1.29, 1.82) is 0 Å². The van der Waals surface area contributed by atoms with E-state index in [2.05, 4.69) is 16.8 Å². The molecule has 2 aromatic rings. The predicted molar refractivity (Wildman–Crippen MR) is 83.8 cm³/mol. The van der Waals surface area contributed by atoms with Gasteiger partial charge in [-0.1, -0.05) is 19.1 Å². The van der Waals surface area contributed by atoms with E-state index in [1.165, 1.54) is 0 Å². The Bertz CT molecular complexity index is 734. The summed E-state index contributed by atoms with van der Waals surface area (Å²) in [6, 6.07) is 7.75. The Kier molecular flexibility index (Phi) is 3.72. The van der Waals surface area contributed by atoms with Crippen LogP contribution in [0.5, 0.6) is 0 Å². The Labute approximate surface area is 123 Å². The summed E-state index contributed by atoms with van der Waals surface area (Å²) < 4.78 is 2.32. The van der Waals surface area contributed by atoms with Crippen molar-refractivity contribution in [3.8, 4) is 0 Å². The first-order valence-electron chi connectivity index (χ1n) is 7.16. The van der Waals surface area contributed by atoms with E-state index in [0.717, 1.165) is 43.4 Å². The van der Waals surface area contributed by atoms with Crippen LogP contribution in [0.1, 0.15) is 25.8 Å². The third-order valence-electron chi connectivity index (χ3n) is 4.13. The fourth-order valence-electron chi connectivity index (χ4n) is 3.04. The van der Waals surface area contributed by atoms with Crippen LogP contribution in [0.2, 0.25) is 0 Å². The quantitative estimate of drug-likeness (QED) is 0.864. The molecule has 1 aliphatic heterocycles. The van der Waals surface area contributed by atoms with Gasteiger partial charge in [-0.05, 0) is 50.3 Å². The van der Waals surface area contributed by atoms with E-state index >= 15 is 0 Å². The SMILES string of the molecule is CCN1CCCC(n2c(=S)[nH]c3ccccc3c2=O)C1. The number of H-pyrrole nitrogens is 1. The fourth-order valence-corrected chi connectivity index (χ4v) is 3.38. The van der Waals surface area contributed by atoms with Crippen molar-refractivity contribution in [2.45, 2.75) is 25.8 Å². The van der Waals surface area contributed by atoms with Crippen molar-refractivity contribution in [1.82, 2.24) is 14.5 Å². The highest BCUT2D eigenvalue weighted by Crippen LogP contribution is 2.21. The van der Waals surface area contributed by atoms with Crippen LogP contribution >= 0.6 is 12.2 Å². The number of likely N-dealkylation sites (N-methyl/N-ethyl adjacent to an activating group) is 1. The number of fused-ring (bicyclic) bond motifs is 1. The lowest BCUT2D eigenvalue weighted by Gasteiger charge is -2.32. The lowest BCUT2D eigenvalue weighted by atomic mass is 10.1. The third kappa shape index (κ3) is 2.31. The molecular formula is C15H19N3OS. The van der Waals surface area contributed by atoms with E-state index in [0.29, 0.717) is 4.77 Å². The van der Waals surface area contributed by atoms with Gasteiger partial charge in [0.05, 0.1) is 16.9 Å². The average Bonchev–Trinajstić information content (AvgIpc) is 2.47. The van der Waals surface area contributed by atoms with Gasteiger partial charge in [-0.15, -0.1) is 0 Å². The summed E-state index contributed by atoms with van der Waals surface area (Å²) in [6.07, 6.45) is 2.14. The topological polar surface area (TPSA) is 41.0 Å². The molecule has 20 heavy (non-hydrogen) atoms. The van der Waals surface area contributed by atoms with Crippen LogP contribution in [0.3, 0.4) is 0 Å². The molecule has 0 amide bonds. The van der Waals surface area contributed by atoms with E-state index in [-0.39, 0.29) is 11.6 Å². The van der Waals surface area contributed by atoms with Gasteiger partial charge in [-0.2, -0.15) is 0 Å². The number of hydrogen-bond acceptors (Lipinski definition) is 3. The number of para-hydroxylation sites is 1. The maximum atomic E-state index is 12.7. The lowest BCUT2D eigenvalue weighted by molar-refractivity contribution is 0.182. The molecule has 1 unspecified atom stereocenters. The molecule has 0 radical (unpaired) electrons. The minimum atomic E-state index is 0.0345. The van der Waals surface area contributed by atoms with Crippen molar-refractivity contribution >= 4 is 23.1 Å². The molecule has 5 heteroatoms. The van der Waals surface area contributed by atoms with Crippen molar-refractivity contribution < 1.29 is 0 Å². The molecular weight excluding hydrogens is 270 g/mol. The zero-order chi connectivity index (χ0) is 14.1. The van der Waals surface area contributed by atoms with Crippen molar-refractivity contribution in [2.75, 3.05) is 19.6 Å². The van der Waals surface area contributed by atoms with Gasteiger partial charge >= 0.3 is 0 Å². The molecule has 3 rings (SSSR count). The molecule has 4 nitrogen and oxygen atoms in total. The van der Waals surface area contributed by atoms with Gasteiger partial charge in [0.25, 0.3) is 5.56 Å². The highest BCUT2D eigenvalue weighted by Gasteiger charge is 2.22. The normalized spacial score (nSPS) is 20.4. The highest BCUT2D eigenvalue weighted by molar-refractivity contribution is 7.71. The van der Waals surface area contributed by atoms with E-state index < -0.39 is 0 Å². The van der Waals surface area contributed by atoms with E-state index in [1.54, 1.807) is 4.57 Å². The van der Waals surface area contributed by atoms with E-state index in [1.807, 2.05) is 24.3 Å². The number of benzene rings is 1. The van der Waals surface area contributed by atoms with Gasteiger partial charge in [0, 0.05) is 6.54 Å². The third-order valence-corrected chi connectivity index (χ3v) is 4.43. The summed E-state index contributed by atoms with van der Waals surface area (Å²) in [5.74, 6) is 0. The van der Waals surface area contributed by atoms with Crippen molar-refractivity contribution in [3.63, 3.8) is 0 Å². The molecule has 1 aliphatic rings. The number of aromatic nitrogens is 2. The second-order valence-corrected chi connectivity index (χ2v) is 5.73. The zero-order valence-electron chi connectivity index (χ0n) is 11.6. The molecule has 0 aliphatic carbocycles. The Hall–Kier alpha value is -1.46. The van der Waals surface area contributed by atoms with Crippen LogP contribution in [-0.2, 0) is 0 Å².